The Hall–Kier alpha value is -3.99. The zero-order valence-corrected chi connectivity index (χ0v) is 25.5. The second-order valence-electron chi connectivity index (χ2n) is 10.5. The molecule has 0 fully saturated rings. The van der Waals surface area contributed by atoms with Crippen LogP contribution < -0.4 is 36.0 Å². The number of amides is 1. The van der Waals surface area contributed by atoms with E-state index in [2.05, 4.69) is 4.98 Å². The number of anilines is 1. The molecular weight excluding hydrogens is 583 g/mol. The van der Waals surface area contributed by atoms with Gasteiger partial charge >= 0.3 is 0 Å². The Kier molecular flexibility index (Phi) is 8.91. The summed E-state index contributed by atoms with van der Waals surface area (Å²) in [6.45, 7) is 0.826. The molecule has 0 aliphatic carbocycles. The highest BCUT2D eigenvalue weighted by Crippen LogP contribution is 2.45. The molecule has 5 rings (SSSR count). The molecule has 1 N–H and O–H groups in total. The third kappa shape index (κ3) is 5.33. The quantitative estimate of drug-likeness (QED) is 0.134. The highest BCUT2D eigenvalue weighted by molar-refractivity contribution is 6.19. The number of aromatic amines is 1. The minimum Gasteiger partial charge on any atom is -1.00 e. The van der Waals surface area contributed by atoms with Gasteiger partial charge in [-0.05, 0) is 29.8 Å². The highest BCUT2D eigenvalue weighted by atomic mass is 35.5. The van der Waals surface area contributed by atoms with E-state index in [1.807, 2.05) is 32.3 Å². The predicted molar refractivity (Wildman–Crippen MR) is 160 cm³/mol. The van der Waals surface area contributed by atoms with Crippen LogP contribution in [0.2, 0.25) is 0 Å². The molecule has 1 aliphatic rings. The van der Waals surface area contributed by atoms with Crippen LogP contribution in [0, 0.1) is 10.1 Å². The van der Waals surface area contributed by atoms with E-state index in [1.165, 1.54) is 20.3 Å². The molecule has 1 aromatic heterocycles. The van der Waals surface area contributed by atoms with Crippen molar-refractivity contribution in [1.29, 1.82) is 0 Å². The fourth-order valence-corrected chi connectivity index (χ4v) is 5.84. The monoisotopic (exact) mass is 614 g/mol. The van der Waals surface area contributed by atoms with Gasteiger partial charge in [0.25, 0.3) is 11.6 Å². The van der Waals surface area contributed by atoms with Gasteiger partial charge in [0, 0.05) is 35.9 Å². The molecule has 2 heterocycles. The third-order valence-electron chi connectivity index (χ3n) is 7.68. The lowest BCUT2D eigenvalue weighted by Gasteiger charge is -2.30. The first-order valence-corrected chi connectivity index (χ1v) is 13.6. The first kappa shape index (κ1) is 31.0. The molecule has 3 aromatic carbocycles. The van der Waals surface area contributed by atoms with E-state index >= 15 is 0 Å². The van der Waals surface area contributed by atoms with Gasteiger partial charge in [-0.25, -0.2) is 0 Å². The van der Waals surface area contributed by atoms with Crippen molar-refractivity contribution >= 4 is 45.5 Å². The van der Waals surface area contributed by atoms with Crippen LogP contribution in [0.4, 0.5) is 17.1 Å². The molecule has 0 radical (unpaired) electrons. The van der Waals surface area contributed by atoms with E-state index in [-0.39, 0.29) is 34.8 Å². The summed E-state index contributed by atoms with van der Waals surface area (Å²) < 4.78 is 16.9. The number of aromatic nitrogens is 1. The molecule has 0 saturated carbocycles. The van der Waals surface area contributed by atoms with Crippen LogP contribution in [0.5, 0.6) is 17.2 Å². The number of alkyl halides is 1. The van der Waals surface area contributed by atoms with Crippen molar-refractivity contribution in [1.82, 2.24) is 9.47 Å². The van der Waals surface area contributed by atoms with Crippen LogP contribution in [0.1, 0.15) is 27.5 Å². The van der Waals surface area contributed by atoms with Gasteiger partial charge in [-0.3, -0.25) is 19.4 Å². The Morgan fingerprint density at radius 3 is 2.43 bits per heavy atom. The number of H-pyrrole nitrogens is 1. The van der Waals surface area contributed by atoms with Crippen LogP contribution in [0.15, 0.2) is 54.6 Å². The van der Waals surface area contributed by atoms with Crippen LogP contribution in [-0.2, 0) is 6.54 Å². The molecule has 0 spiro atoms. The summed E-state index contributed by atoms with van der Waals surface area (Å²) in [5, 5.41) is 12.4. The number of nitro groups is 1. The number of fused-ring (bicyclic) bond motifs is 2. The molecule has 222 valence electrons. The molecule has 4 aromatic rings. The molecule has 1 aliphatic heterocycles. The Morgan fingerprint density at radius 2 is 1.79 bits per heavy atom. The summed E-state index contributed by atoms with van der Waals surface area (Å²) in [6, 6.07) is 16.3. The Labute approximate surface area is 254 Å². The lowest BCUT2D eigenvalue weighted by molar-refractivity contribution is -0.385. The largest absolute Gasteiger partial charge is 1.00 e. The van der Waals surface area contributed by atoms with Gasteiger partial charge in [-0.1, -0.05) is 18.2 Å². The van der Waals surface area contributed by atoms with Crippen molar-refractivity contribution in [3.63, 3.8) is 0 Å². The van der Waals surface area contributed by atoms with Gasteiger partial charge in [0.2, 0.25) is 5.75 Å². The standard InChI is InChI=1S/C30H31ClN4O6.ClH/c1-35(2,17-18-8-6-7-9-24(18)34(37)38)21-10-11-22-20(15-31)16-33(25(22)14-21)30(36)23-12-19-13-26(39-3)28(40-4)29(41-5)27(19)32-23;/h6-14,20H,15-17H2,1-5H3;1H. The minimum absolute atomic E-state index is 0. The van der Waals surface area contributed by atoms with Crippen LogP contribution in [-0.4, -0.2) is 63.7 Å². The van der Waals surface area contributed by atoms with Crippen molar-refractivity contribution in [3.8, 4) is 17.2 Å². The molecule has 0 saturated heterocycles. The molecular formula is C30H32Cl2N4O6. The molecule has 0 bridgehead atoms. The Bertz CT molecular complexity index is 1650. The van der Waals surface area contributed by atoms with Crippen molar-refractivity contribution < 1.29 is 36.3 Å². The van der Waals surface area contributed by atoms with E-state index in [4.69, 9.17) is 25.8 Å². The number of ether oxygens (including phenoxy) is 3. The summed E-state index contributed by atoms with van der Waals surface area (Å²) >= 11 is 6.35. The fraction of sp³-hybridized carbons (Fsp3) is 0.300. The van der Waals surface area contributed by atoms with Crippen molar-refractivity contribution in [3.05, 3.63) is 81.5 Å². The average Bonchev–Trinajstić information content (AvgIpc) is 3.56. The lowest BCUT2D eigenvalue weighted by atomic mass is 10.0. The van der Waals surface area contributed by atoms with Crippen molar-refractivity contribution in [2.75, 3.05) is 52.7 Å². The topological polar surface area (TPSA) is 107 Å². The normalized spacial score (nSPS) is 14.3. The van der Waals surface area contributed by atoms with Crippen LogP contribution >= 0.6 is 11.6 Å². The summed E-state index contributed by atoms with van der Waals surface area (Å²) in [7, 11) is 8.59. The van der Waals surface area contributed by atoms with Gasteiger partial charge in [-0.2, -0.15) is 0 Å². The van der Waals surface area contributed by atoms with Gasteiger partial charge in [0.05, 0.1) is 57.1 Å². The maximum atomic E-state index is 14.0. The number of rotatable bonds is 9. The first-order chi connectivity index (χ1) is 19.6. The molecule has 1 amide bonds. The molecule has 12 heteroatoms. The zero-order chi connectivity index (χ0) is 29.5. The Morgan fingerprint density at radius 1 is 1.07 bits per heavy atom. The smallest absolute Gasteiger partial charge is 0.278 e. The number of nitrogens with zero attached hydrogens (tertiary/aromatic N) is 3. The number of quaternary nitrogens is 1. The number of carbonyl (C=O) groups excluding carboxylic acids is 1. The molecule has 42 heavy (non-hydrogen) atoms. The van der Waals surface area contributed by atoms with E-state index in [0.29, 0.717) is 57.5 Å². The van der Waals surface area contributed by atoms with Crippen molar-refractivity contribution in [2.45, 2.75) is 12.5 Å². The van der Waals surface area contributed by atoms with Gasteiger partial charge < -0.3 is 36.5 Å². The average molecular weight is 616 g/mol. The number of para-hydroxylation sites is 1. The molecule has 1 atom stereocenters. The third-order valence-corrected chi connectivity index (χ3v) is 8.05. The summed E-state index contributed by atoms with van der Waals surface area (Å²) in [5.74, 6) is 1.48. The minimum atomic E-state index is -0.357. The number of hydrogen-bond acceptors (Lipinski definition) is 6. The maximum absolute atomic E-state index is 14.0. The zero-order valence-electron chi connectivity index (χ0n) is 23.9. The van der Waals surface area contributed by atoms with E-state index in [1.54, 1.807) is 42.3 Å². The highest BCUT2D eigenvalue weighted by Gasteiger charge is 2.36. The number of nitro benzene ring substituents is 1. The van der Waals surface area contributed by atoms with Gasteiger partial charge in [-0.15, -0.1) is 11.6 Å². The van der Waals surface area contributed by atoms with Crippen LogP contribution in [0.3, 0.4) is 0 Å². The summed E-state index contributed by atoms with van der Waals surface area (Å²) in [4.78, 5) is 30.2. The predicted octanol–water partition coefficient (Wildman–Crippen LogP) is 2.86. The number of benzene rings is 3. The van der Waals surface area contributed by atoms with Gasteiger partial charge in [0.1, 0.15) is 17.9 Å². The van der Waals surface area contributed by atoms with Crippen molar-refractivity contribution in [2.24, 2.45) is 0 Å². The fourth-order valence-electron chi connectivity index (χ4n) is 5.57. The number of halogens is 2. The number of nitrogens with one attached hydrogen (secondary N) is 1. The number of carbonyl (C=O) groups is 1. The summed E-state index contributed by atoms with van der Waals surface area (Å²) in [5.41, 5.74) is 4.38. The maximum Gasteiger partial charge on any atom is 0.278 e. The second-order valence-corrected chi connectivity index (χ2v) is 10.8. The lowest BCUT2D eigenvalue weighted by Crippen LogP contribution is -3.00. The second kappa shape index (κ2) is 12.1. The van der Waals surface area contributed by atoms with E-state index < -0.39 is 0 Å². The molecule has 1 unspecified atom stereocenters. The Balaban J connectivity index is 0.00000405. The van der Waals surface area contributed by atoms with Gasteiger partial charge in [0.15, 0.2) is 11.5 Å². The summed E-state index contributed by atoms with van der Waals surface area (Å²) in [6.07, 6.45) is 0. The SMILES string of the molecule is COc1cc2cc(C(=O)N3CC(CCl)c4ccc([N+](C)(C)Cc5ccccc5[N+](=O)[O-])cc43)[nH]c2c(OC)c1OC.[Cl-]. The van der Waals surface area contributed by atoms with Crippen LogP contribution in [0.25, 0.3) is 10.9 Å². The number of hydrogen-bond donors (Lipinski definition) is 1. The van der Waals surface area contributed by atoms with E-state index in [0.717, 1.165) is 22.3 Å². The first-order valence-electron chi connectivity index (χ1n) is 13.0. The van der Waals surface area contributed by atoms with E-state index in [9.17, 15) is 14.9 Å². The number of methoxy groups -OCH3 is 3. The molecule has 10 nitrogen and oxygen atoms in total.